The zero-order chi connectivity index (χ0) is 13.1. The fourth-order valence-corrected chi connectivity index (χ4v) is 2.64. The van der Waals surface area contributed by atoms with Crippen LogP contribution in [0, 0.1) is 0 Å². The second kappa shape index (κ2) is 5.76. The van der Waals surface area contributed by atoms with Crippen LogP contribution in [0.1, 0.15) is 19.3 Å². The minimum absolute atomic E-state index is 0.462. The van der Waals surface area contributed by atoms with Gasteiger partial charge in [-0.05, 0) is 43.7 Å². The van der Waals surface area contributed by atoms with Crippen molar-refractivity contribution in [2.45, 2.75) is 25.3 Å². The maximum absolute atomic E-state index is 5.98. The summed E-state index contributed by atoms with van der Waals surface area (Å²) in [5.41, 5.74) is 0.876. The Kier molecular flexibility index (Phi) is 3.85. The van der Waals surface area contributed by atoms with Gasteiger partial charge in [-0.25, -0.2) is 0 Å². The average molecular weight is 277 g/mol. The molecule has 3 nitrogen and oxygen atoms in total. The van der Waals surface area contributed by atoms with Crippen LogP contribution in [0.4, 0.5) is 0 Å². The number of nitrogens with zero attached hydrogens (tertiary/aromatic N) is 1. The van der Waals surface area contributed by atoms with E-state index in [1.807, 2.05) is 24.3 Å². The number of nitrogens with one attached hydrogen (secondary N) is 1. The van der Waals surface area contributed by atoms with Gasteiger partial charge in [-0.3, -0.25) is 4.98 Å². The number of benzene rings is 1. The van der Waals surface area contributed by atoms with E-state index in [9.17, 15) is 0 Å². The Morgan fingerprint density at radius 1 is 1.32 bits per heavy atom. The molecule has 0 radical (unpaired) electrons. The molecule has 1 saturated heterocycles. The normalized spacial score (nSPS) is 19.5. The Morgan fingerprint density at radius 2 is 2.26 bits per heavy atom. The molecule has 19 heavy (non-hydrogen) atoms. The van der Waals surface area contributed by atoms with Crippen LogP contribution in [0.15, 0.2) is 30.5 Å². The molecule has 100 valence electrons. The molecule has 2 heterocycles. The largest absolute Gasteiger partial charge is 0.491 e. The molecule has 1 aromatic carbocycles. The van der Waals surface area contributed by atoms with Gasteiger partial charge < -0.3 is 10.1 Å². The lowest BCUT2D eigenvalue weighted by atomic mass is 10.1. The van der Waals surface area contributed by atoms with Gasteiger partial charge in [0.2, 0.25) is 0 Å². The first-order valence-corrected chi connectivity index (χ1v) is 7.11. The number of piperidine rings is 1. The lowest BCUT2D eigenvalue weighted by molar-refractivity contribution is 0.241. The highest BCUT2D eigenvalue weighted by Crippen LogP contribution is 2.26. The van der Waals surface area contributed by atoms with Crippen molar-refractivity contribution in [1.82, 2.24) is 10.3 Å². The Labute approximate surface area is 117 Å². The first-order valence-electron chi connectivity index (χ1n) is 6.73. The molecule has 1 aliphatic rings. The molecular formula is C15H17ClN2O. The van der Waals surface area contributed by atoms with Gasteiger partial charge in [-0.15, -0.1) is 0 Å². The molecule has 3 rings (SSSR count). The van der Waals surface area contributed by atoms with Gasteiger partial charge in [0, 0.05) is 22.6 Å². The molecule has 4 heteroatoms. The number of halogens is 1. The quantitative estimate of drug-likeness (QED) is 0.933. The Balaban J connectivity index is 1.76. The molecule has 1 atom stereocenters. The van der Waals surface area contributed by atoms with Crippen LogP contribution in [-0.4, -0.2) is 24.2 Å². The summed E-state index contributed by atoms with van der Waals surface area (Å²) in [6.45, 7) is 1.81. The van der Waals surface area contributed by atoms with Gasteiger partial charge in [0.15, 0.2) is 0 Å². The van der Waals surface area contributed by atoms with Crippen LogP contribution in [0.3, 0.4) is 0 Å². The number of fused-ring (bicyclic) bond motifs is 1. The monoisotopic (exact) mass is 276 g/mol. The fraction of sp³-hybridized carbons (Fsp3) is 0.400. The lowest BCUT2D eigenvalue weighted by Crippen LogP contribution is -2.38. The summed E-state index contributed by atoms with van der Waals surface area (Å²) in [5, 5.41) is 5.20. The molecule has 1 aliphatic heterocycles. The Morgan fingerprint density at radius 3 is 3.11 bits per heavy atom. The Bertz CT molecular complexity index is 567. The second-order valence-corrected chi connectivity index (χ2v) is 5.36. The summed E-state index contributed by atoms with van der Waals surface area (Å²) < 4.78 is 5.95. The van der Waals surface area contributed by atoms with Crippen molar-refractivity contribution in [3.05, 3.63) is 35.5 Å². The molecule has 1 unspecified atom stereocenters. The van der Waals surface area contributed by atoms with E-state index in [1.54, 1.807) is 6.20 Å². The molecule has 0 saturated carbocycles. The topological polar surface area (TPSA) is 34.1 Å². The van der Waals surface area contributed by atoms with Crippen LogP contribution >= 0.6 is 11.6 Å². The third-order valence-electron chi connectivity index (χ3n) is 3.52. The van der Waals surface area contributed by atoms with Crippen molar-refractivity contribution >= 4 is 22.5 Å². The molecule has 1 N–H and O–H groups in total. The molecule has 0 bridgehead atoms. The number of aromatic nitrogens is 1. The van der Waals surface area contributed by atoms with E-state index in [-0.39, 0.29) is 0 Å². The van der Waals surface area contributed by atoms with Crippen molar-refractivity contribution in [3.63, 3.8) is 0 Å². The smallest absolute Gasteiger partial charge is 0.130 e. The van der Waals surface area contributed by atoms with Gasteiger partial charge >= 0.3 is 0 Å². The van der Waals surface area contributed by atoms with E-state index in [0.29, 0.717) is 17.7 Å². The number of rotatable bonds is 3. The summed E-state index contributed by atoms with van der Waals surface area (Å²) in [6, 6.07) is 8.08. The van der Waals surface area contributed by atoms with Gasteiger partial charge in [0.25, 0.3) is 0 Å². The first-order chi connectivity index (χ1) is 9.33. The summed E-state index contributed by atoms with van der Waals surface area (Å²) in [5.74, 6) is 0.883. The molecule has 2 aromatic rings. The Hall–Kier alpha value is -1.32. The number of ether oxygens (including phenoxy) is 1. The van der Waals surface area contributed by atoms with Crippen LogP contribution in [0.25, 0.3) is 10.9 Å². The van der Waals surface area contributed by atoms with E-state index < -0.39 is 0 Å². The van der Waals surface area contributed by atoms with Crippen molar-refractivity contribution in [3.8, 4) is 5.75 Å². The van der Waals surface area contributed by atoms with Gasteiger partial charge in [0.05, 0.1) is 5.52 Å². The maximum atomic E-state index is 5.98. The van der Waals surface area contributed by atoms with Crippen molar-refractivity contribution in [2.24, 2.45) is 0 Å². The van der Waals surface area contributed by atoms with E-state index in [2.05, 4.69) is 10.3 Å². The minimum atomic E-state index is 0.462. The van der Waals surface area contributed by atoms with Gasteiger partial charge in [0.1, 0.15) is 12.4 Å². The standard InChI is InChI=1S/C15H17ClN2O/c16-11-4-5-13-14(9-11)18-8-6-15(13)19-10-12-3-1-2-7-17-12/h4-6,8-9,12,17H,1-3,7,10H2. The average Bonchev–Trinajstić information content (AvgIpc) is 2.45. The highest BCUT2D eigenvalue weighted by Gasteiger charge is 2.13. The van der Waals surface area contributed by atoms with E-state index in [4.69, 9.17) is 16.3 Å². The molecule has 0 aliphatic carbocycles. The molecule has 0 spiro atoms. The second-order valence-electron chi connectivity index (χ2n) is 4.93. The lowest BCUT2D eigenvalue weighted by Gasteiger charge is -2.23. The van der Waals surface area contributed by atoms with Crippen molar-refractivity contribution < 1.29 is 4.74 Å². The van der Waals surface area contributed by atoms with Crippen LogP contribution in [-0.2, 0) is 0 Å². The van der Waals surface area contributed by atoms with E-state index in [0.717, 1.165) is 23.2 Å². The molecule has 0 amide bonds. The third-order valence-corrected chi connectivity index (χ3v) is 3.75. The summed E-state index contributed by atoms with van der Waals surface area (Å²) in [7, 11) is 0. The van der Waals surface area contributed by atoms with Gasteiger partial charge in [-0.1, -0.05) is 18.0 Å². The third kappa shape index (κ3) is 2.99. The minimum Gasteiger partial charge on any atom is -0.491 e. The number of hydrogen-bond acceptors (Lipinski definition) is 3. The number of hydrogen-bond donors (Lipinski definition) is 1. The first kappa shape index (κ1) is 12.7. The fourth-order valence-electron chi connectivity index (χ4n) is 2.48. The van der Waals surface area contributed by atoms with Crippen molar-refractivity contribution in [1.29, 1.82) is 0 Å². The maximum Gasteiger partial charge on any atom is 0.130 e. The highest BCUT2D eigenvalue weighted by atomic mass is 35.5. The molecule has 1 aromatic heterocycles. The van der Waals surface area contributed by atoms with Crippen molar-refractivity contribution in [2.75, 3.05) is 13.2 Å². The SMILES string of the molecule is Clc1ccc2c(OCC3CCCCN3)ccnc2c1. The van der Waals surface area contributed by atoms with Crippen LogP contribution in [0.2, 0.25) is 5.02 Å². The summed E-state index contributed by atoms with van der Waals surface area (Å²) >= 11 is 5.98. The zero-order valence-electron chi connectivity index (χ0n) is 10.7. The zero-order valence-corrected chi connectivity index (χ0v) is 11.5. The molecular weight excluding hydrogens is 260 g/mol. The van der Waals surface area contributed by atoms with E-state index in [1.165, 1.54) is 19.3 Å². The predicted molar refractivity (Wildman–Crippen MR) is 77.9 cm³/mol. The highest BCUT2D eigenvalue weighted by molar-refractivity contribution is 6.31. The van der Waals surface area contributed by atoms with E-state index >= 15 is 0 Å². The summed E-state index contributed by atoms with van der Waals surface area (Å²) in [4.78, 5) is 4.32. The predicted octanol–water partition coefficient (Wildman–Crippen LogP) is 3.41. The van der Waals surface area contributed by atoms with Gasteiger partial charge in [-0.2, -0.15) is 0 Å². The van der Waals surface area contributed by atoms with Crippen LogP contribution < -0.4 is 10.1 Å². The van der Waals surface area contributed by atoms with Crippen LogP contribution in [0.5, 0.6) is 5.75 Å². The summed E-state index contributed by atoms with van der Waals surface area (Å²) in [6.07, 6.45) is 5.51. The molecule has 1 fully saturated rings. The number of pyridine rings is 1.